The highest BCUT2D eigenvalue weighted by molar-refractivity contribution is 7.81. The summed E-state index contributed by atoms with van der Waals surface area (Å²) >= 11 is 4.64. The maximum atomic E-state index is 4.64. The summed E-state index contributed by atoms with van der Waals surface area (Å²) in [7, 11) is 0. The minimum Gasteiger partial charge on any atom is -0.176 e. The van der Waals surface area contributed by atoms with Crippen molar-refractivity contribution in [2.45, 2.75) is 58.6 Å². The first-order chi connectivity index (χ1) is 6.56. The predicted molar refractivity (Wildman–Crippen MR) is 67.9 cm³/mol. The third-order valence-electron chi connectivity index (χ3n) is 4.19. The lowest BCUT2D eigenvalue weighted by molar-refractivity contribution is 0.335. The monoisotopic (exact) mass is 214 g/mol. The van der Waals surface area contributed by atoms with E-state index < -0.39 is 0 Å². The Balaban J connectivity index is 2.16. The van der Waals surface area contributed by atoms with Crippen LogP contribution in [-0.2, 0) is 0 Å². The molecule has 14 heavy (non-hydrogen) atoms. The topological polar surface area (TPSA) is 0 Å². The summed E-state index contributed by atoms with van der Waals surface area (Å²) < 4.78 is 0. The van der Waals surface area contributed by atoms with Gasteiger partial charge in [0.05, 0.1) is 0 Å². The molecule has 5 atom stereocenters. The molecule has 0 amide bonds. The van der Waals surface area contributed by atoms with Gasteiger partial charge in [-0.3, -0.25) is 0 Å². The van der Waals surface area contributed by atoms with Gasteiger partial charge in [0.2, 0.25) is 0 Å². The van der Waals surface area contributed by atoms with Gasteiger partial charge in [-0.1, -0.05) is 34.1 Å². The molecule has 0 nitrogen and oxygen atoms in total. The molecule has 0 aromatic carbocycles. The third kappa shape index (κ3) is 3.49. The van der Waals surface area contributed by atoms with Crippen LogP contribution in [0.3, 0.4) is 0 Å². The fourth-order valence-electron chi connectivity index (χ4n) is 2.29. The molecule has 1 rings (SSSR count). The molecule has 1 saturated carbocycles. The van der Waals surface area contributed by atoms with E-state index in [4.69, 9.17) is 0 Å². The van der Waals surface area contributed by atoms with E-state index in [2.05, 4.69) is 40.3 Å². The molecule has 0 saturated heterocycles. The summed E-state index contributed by atoms with van der Waals surface area (Å²) in [6.07, 6.45) is 5.55. The molecule has 84 valence electrons. The van der Waals surface area contributed by atoms with Gasteiger partial charge >= 0.3 is 0 Å². The minimum absolute atomic E-state index is 0.599. The first kappa shape index (κ1) is 12.4. The zero-order valence-electron chi connectivity index (χ0n) is 10.2. The van der Waals surface area contributed by atoms with Gasteiger partial charge < -0.3 is 0 Å². The van der Waals surface area contributed by atoms with E-state index in [1.807, 2.05) is 0 Å². The summed E-state index contributed by atoms with van der Waals surface area (Å²) in [5.41, 5.74) is 0. The van der Waals surface area contributed by atoms with E-state index in [1.54, 1.807) is 0 Å². The first-order valence-corrected chi connectivity index (χ1v) is 6.75. The standard InChI is InChI=1S/C13H26S/c1-5-13(14)11(4)9(2)6-7-12-8-10(12)3/h9-14H,5-8H2,1-4H3. The summed E-state index contributed by atoms with van der Waals surface area (Å²) in [5.74, 6) is 3.71. The van der Waals surface area contributed by atoms with E-state index in [0.29, 0.717) is 5.25 Å². The van der Waals surface area contributed by atoms with Crippen LogP contribution in [0.1, 0.15) is 53.4 Å². The summed E-state index contributed by atoms with van der Waals surface area (Å²) in [5, 5.41) is 0.599. The molecule has 5 unspecified atom stereocenters. The highest BCUT2D eigenvalue weighted by Crippen LogP contribution is 2.42. The lowest BCUT2D eigenvalue weighted by atomic mass is 9.87. The van der Waals surface area contributed by atoms with Crippen LogP contribution in [0.15, 0.2) is 0 Å². The largest absolute Gasteiger partial charge is 0.176 e. The van der Waals surface area contributed by atoms with E-state index >= 15 is 0 Å². The van der Waals surface area contributed by atoms with Crippen LogP contribution in [0, 0.1) is 23.7 Å². The zero-order valence-corrected chi connectivity index (χ0v) is 11.1. The van der Waals surface area contributed by atoms with Crippen molar-refractivity contribution in [1.82, 2.24) is 0 Å². The summed E-state index contributed by atoms with van der Waals surface area (Å²) in [6, 6.07) is 0. The quantitative estimate of drug-likeness (QED) is 0.622. The highest BCUT2D eigenvalue weighted by Gasteiger charge is 2.32. The molecule has 1 aliphatic carbocycles. The molecule has 1 aliphatic rings. The van der Waals surface area contributed by atoms with Crippen LogP contribution in [0.25, 0.3) is 0 Å². The fraction of sp³-hybridized carbons (Fsp3) is 1.00. The molecule has 0 aliphatic heterocycles. The van der Waals surface area contributed by atoms with Gasteiger partial charge in [0, 0.05) is 5.25 Å². The van der Waals surface area contributed by atoms with Crippen LogP contribution in [-0.4, -0.2) is 5.25 Å². The average Bonchev–Trinajstić information content (AvgIpc) is 2.88. The number of rotatable bonds is 6. The van der Waals surface area contributed by atoms with Gasteiger partial charge in [-0.15, -0.1) is 0 Å². The van der Waals surface area contributed by atoms with E-state index in [1.165, 1.54) is 25.7 Å². The van der Waals surface area contributed by atoms with E-state index in [0.717, 1.165) is 23.7 Å². The van der Waals surface area contributed by atoms with Gasteiger partial charge in [0.15, 0.2) is 0 Å². The molecular weight excluding hydrogens is 188 g/mol. The zero-order chi connectivity index (χ0) is 10.7. The smallest absolute Gasteiger partial charge is 0.00423 e. The normalized spacial score (nSPS) is 32.4. The maximum absolute atomic E-state index is 4.64. The highest BCUT2D eigenvalue weighted by atomic mass is 32.1. The average molecular weight is 214 g/mol. The number of hydrogen-bond acceptors (Lipinski definition) is 1. The van der Waals surface area contributed by atoms with Crippen molar-refractivity contribution in [1.29, 1.82) is 0 Å². The Morgan fingerprint density at radius 2 is 1.93 bits per heavy atom. The molecule has 0 aromatic rings. The fourth-order valence-corrected chi connectivity index (χ4v) is 2.59. The molecule has 0 aromatic heterocycles. The molecule has 0 heterocycles. The Labute approximate surface area is 95.3 Å². The van der Waals surface area contributed by atoms with Crippen molar-refractivity contribution in [3.05, 3.63) is 0 Å². The van der Waals surface area contributed by atoms with E-state index in [9.17, 15) is 0 Å². The Bertz CT molecular complexity index is 167. The van der Waals surface area contributed by atoms with Crippen molar-refractivity contribution in [3.8, 4) is 0 Å². The van der Waals surface area contributed by atoms with Gasteiger partial charge in [-0.2, -0.15) is 12.6 Å². The lowest BCUT2D eigenvalue weighted by Gasteiger charge is -2.24. The molecule has 0 N–H and O–H groups in total. The SMILES string of the molecule is CCC(S)C(C)C(C)CCC1CC1C. The van der Waals surface area contributed by atoms with Crippen LogP contribution < -0.4 is 0 Å². The second kappa shape index (κ2) is 5.44. The predicted octanol–water partition coefficient (Wildman–Crippen LogP) is 4.40. The van der Waals surface area contributed by atoms with Crippen LogP contribution in [0.5, 0.6) is 0 Å². The number of hydrogen-bond donors (Lipinski definition) is 1. The van der Waals surface area contributed by atoms with Crippen molar-refractivity contribution in [2.24, 2.45) is 23.7 Å². The van der Waals surface area contributed by atoms with Gasteiger partial charge in [0.25, 0.3) is 0 Å². The van der Waals surface area contributed by atoms with E-state index in [-0.39, 0.29) is 0 Å². The summed E-state index contributed by atoms with van der Waals surface area (Å²) in [6.45, 7) is 9.38. The second-order valence-electron chi connectivity index (χ2n) is 5.36. The lowest BCUT2D eigenvalue weighted by Crippen LogP contribution is -2.18. The van der Waals surface area contributed by atoms with Crippen LogP contribution in [0.2, 0.25) is 0 Å². The Hall–Kier alpha value is 0.350. The van der Waals surface area contributed by atoms with Gasteiger partial charge in [-0.05, 0) is 42.9 Å². The molecule has 1 fully saturated rings. The van der Waals surface area contributed by atoms with Crippen molar-refractivity contribution in [3.63, 3.8) is 0 Å². The molecule has 0 radical (unpaired) electrons. The van der Waals surface area contributed by atoms with Gasteiger partial charge in [0.1, 0.15) is 0 Å². The molecule has 0 bridgehead atoms. The minimum atomic E-state index is 0.599. The van der Waals surface area contributed by atoms with Crippen molar-refractivity contribution < 1.29 is 0 Å². The second-order valence-corrected chi connectivity index (χ2v) is 6.03. The molecule has 0 spiro atoms. The van der Waals surface area contributed by atoms with Crippen LogP contribution >= 0.6 is 12.6 Å². The molecule has 1 heteroatoms. The van der Waals surface area contributed by atoms with Crippen molar-refractivity contribution >= 4 is 12.6 Å². The van der Waals surface area contributed by atoms with Crippen molar-refractivity contribution in [2.75, 3.05) is 0 Å². The van der Waals surface area contributed by atoms with Gasteiger partial charge in [-0.25, -0.2) is 0 Å². The Morgan fingerprint density at radius 3 is 2.36 bits per heavy atom. The van der Waals surface area contributed by atoms with Crippen LogP contribution in [0.4, 0.5) is 0 Å². The first-order valence-electron chi connectivity index (χ1n) is 6.24. The maximum Gasteiger partial charge on any atom is 0.00423 e. The molecular formula is C13H26S. The number of thiol groups is 1. The third-order valence-corrected chi connectivity index (χ3v) is 5.03. The summed E-state index contributed by atoms with van der Waals surface area (Å²) in [4.78, 5) is 0. The Morgan fingerprint density at radius 1 is 1.36 bits per heavy atom. The Kier molecular flexibility index (Phi) is 4.82.